The number of ether oxygens (including phenoxy) is 1. The van der Waals surface area contributed by atoms with Crippen LogP contribution in [-0.4, -0.2) is 22.0 Å². The van der Waals surface area contributed by atoms with Crippen LogP contribution in [0.3, 0.4) is 0 Å². The number of benzene rings is 1. The minimum Gasteiger partial charge on any atom is -0.462 e. The molecule has 0 bridgehead atoms. The molecule has 0 saturated heterocycles. The maximum atomic E-state index is 12.5. The molecule has 2 heterocycles. The summed E-state index contributed by atoms with van der Waals surface area (Å²) in [5, 5.41) is 0. The molecule has 0 unspecified atom stereocenters. The number of carbonyl (C=O) groups excluding carboxylic acids is 1. The van der Waals surface area contributed by atoms with Crippen LogP contribution < -0.4 is 5.56 Å². The van der Waals surface area contributed by atoms with Crippen molar-refractivity contribution in [2.45, 2.75) is 6.92 Å². The van der Waals surface area contributed by atoms with Gasteiger partial charge in [0.25, 0.3) is 5.56 Å². The number of fused-ring (bicyclic) bond motifs is 1. The summed E-state index contributed by atoms with van der Waals surface area (Å²) in [6.07, 6.45) is 3.07. The van der Waals surface area contributed by atoms with Gasteiger partial charge in [0.05, 0.1) is 17.7 Å². The Morgan fingerprint density at radius 3 is 2.73 bits per heavy atom. The molecule has 0 aliphatic rings. The van der Waals surface area contributed by atoms with Crippen molar-refractivity contribution in [1.82, 2.24) is 9.38 Å². The largest absolute Gasteiger partial charge is 0.462 e. The van der Waals surface area contributed by atoms with Crippen molar-refractivity contribution in [2.24, 2.45) is 0 Å². The summed E-state index contributed by atoms with van der Waals surface area (Å²) in [4.78, 5) is 28.5. The van der Waals surface area contributed by atoms with E-state index in [-0.39, 0.29) is 5.56 Å². The van der Waals surface area contributed by atoms with Crippen molar-refractivity contribution in [1.29, 1.82) is 0 Å². The highest BCUT2D eigenvalue weighted by Gasteiger charge is 2.11. The van der Waals surface area contributed by atoms with Crippen LogP contribution in [0.15, 0.2) is 59.7 Å². The zero-order valence-electron chi connectivity index (χ0n) is 12.0. The highest BCUT2D eigenvalue weighted by atomic mass is 16.5. The number of aromatic nitrogens is 2. The molecule has 0 aliphatic carbocycles. The fourth-order valence-corrected chi connectivity index (χ4v) is 2.23. The smallest absolute Gasteiger partial charge is 0.338 e. The molecular formula is C17H14N2O3. The summed E-state index contributed by atoms with van der Waals surface area (Å²) in [7, 11) is 0. The van der Waals surface area contributed by atoms with Crippen LogP contribution in [0.4, 0.5) is 0 Å². The zero-order valence-corrected chi connectivity index (χ0v) is 12.0. The Balaban J connectivity index is 2.12. The molecular weight excluding hydrogens is 280 g/mol. The molecule has 3 rings (SSSR count). The highest BCUT2D eigenvalue weighted by molar-refractivity contribution is 5.90. The zero-order chi connectivity index (χ0) is 15.5. The molecule has 0 radical (unpaired) electrons. The van der Waals surface area contributed by atoms with Crippen molar-refractivity contribution in [3.63, 3.8) is 0 Å². The number of nitrogens with zero attached hydrogens (tertiary/aromatic N) is 2. The average molecular weight is 294 g/mol. The molecule has 5 nitrogen and oxygen atoms in total. The Bertz CT molecular complexity index is 885. The minimum atomic E-state index is -0.425. The van der Waals surface area contributed by atoms with Crippen molar-refractivity contribution >= 4 is 11.6 Å². The lowest BCUT2D eigenvalue weighted by molar-refractivity contribution is 0.0526. The van der Waals surface area contributed by atoms with E-state index in [0.717, 1.165) is 5.56 Å². The van der Waals surface area contributed by atoms with E-state index in [9.17, 15) is 9.59 Å². The molecule has 0 N–H and O–H groups in total. The number of rotatable bonds is 3. The second-order valence-corrected chi connectivity index (χ2v) is 4.71. The van der Waals surface area contributed by atoms with E-state index in [1.807, 2.05) is 30.3 Å². The summed E-state index contributed by atoms with van der Waals surface area (Å²) in [5.74, 6) is -0.425. The van der Waals surface area contributed by atoms with Gasteiger partial charge in [-0.1, -0.05) is 30.3 Å². The molecule has 22 heavy (non-hydrogen) atoms. The van der Waals surface area contributed by atoms with E-state index in [1.165, 1.54) is 10.6 Å². The SMILES string of the molecule is CCOC(=O)c1ccn2c(=O)c(-c3ccccc3)cnc2c1. The van der Waals surface area contributed by atoms with Gasteiger partial charge in [0, 0.05) is 12.4 Å². The van der Waals surface area contributed by atoms with Crippen LogP contribution in [-0.2, 0) is 4.74 Å². The van der Waals surface area contributed by atoms with Gasteiger partial charge in [0.2, 0.25) is 0 Å². The number of carbonyl (C=O) groups is 1. The van der Waals surface area contributed by atoms with Gasteiger partial charge in [-0.15, -0.1) is 0 Å². The van der Waals surface area contributed by atoms with Gasteiger partial charge in [-0.05, 0) is 24.6 Å². The minimum absolute atomic E-state index is 0.174. The van der Waals surface area contributed by atoms with Gasteiger partial charge in [-0.25, -0.2) is 9.78 Å². The lowest BCUT2D eigenvalue weighted by atomic mass is 10.1. The van der Waals surface area contributed by atoms with Crippen LogP contribution in [0.2, 0.25) is 0 Å². The van der Waals surface area contributed by atoms with Crippen LogP contribution >= 0.6 is 0 Å². The second-order valence-electron chi connectivity index (χ2n) is 4.71. The molecule has 0 atom stereocenters. The first kappa shape index (κ1) is 14.0. The maximum absolute atomic E-state index is 12.5. The Morgan fingerprint density at radius 1 is 1.23 bits per heavy atom. The fourth-order valence-electron chi connectivity index (χ4n) is 2.23. The second kappa shape index (κ2) is 5.81. The van der Waals surface area contributed by atoms with Gasteiger partial charge in [-0.3, -0.25) is 9.20 Å². The fraction of sp³-hybridized carbons (Fsp3) is 0.118. The molecule has 0 saturated carbocycles. The van der Waals surface area contributed by atoms with Crippen molar-refractivity contribution in [3.05, 3.63) is 70.8 Å². The van der Waals surface area contributed by atoms with Gasteiger partial charge >= 0.3 is 5.97 Å². The first-order valence-electron chi connectivity index (χ1n) is 6.94. The van der Waals surface area contributed by atoms with E-state index in [0.29, 0.717) is 23.4 Å². The molecule has 0 aliphatic heterocycles. The monoisotopic (exact) mass is 294 g/mol. The molecule has 5 heteroatoms. The molecule has 0 spiro atoms. The molecule has 2 aromatic heterocycles. The molecule has 0 amide bonds. The van der Waals surface area contributed by atoms with Crippen LogP contribution in [0.5, 0.6) is 0 Å². The van der Waals surface area contributed by atoms with Gasteiger partial charge < -0.3 is 4.74 Å². The molecule has 3 aromatic rings. The predicted molar refractivity (Wildman–Crippen MR) is 82.9 cm³/mol. The van der Waals surface area contributed by atoms with Gasteiger partial charge in [0.1, 0.15) is 5.65 Å². The van der Waals surface area contributed by atoms with Gasteiger partial charge in [0.15, 0.2) is 0 Å². The third-order valence-corrected chi connectivity index (χ3v) is 3.31. The lowest BCUT2D eigenvalue weighted by Gasteiger charge is -2.06. The van der Waals surface area contributed by atoms with Crippen LogP contribution in [0.1, 0.15) is 17.3 Å². The lowest BCUT2D eigenvalue weighted by Crippen LogP contribution is -2.17. The third-order valence-electron chi connectivity index (χ3n) is 3.31. The summed E-state index contributed by atoms with van der Waals surface area (Å²) >= 11 is 0. The number of hydrogen-bond donors (Lipinski definition) is 0. The topological polar surface area (TPSA) is 60.7 Å². The Kier molecular flexibility index (Phi) is 3.70. The molecule has 1 aromatic carbocycles. The van der Waals surface area contributed by atoms with Crippen molar-refractivity contribution in [2.75, 3.05) is 6.61 Å². The van der Waals surface area contributed by atoms with Gasteiger partial charge in [-0.2, -0.15) is 0 Å². The summed E-state index contributed by atoms with van der Waals surface area (Å²) in [6.45, 7) is 2.05. The van der Waals surface area contributed by atoms with Crippen molar-refractivity contribution in [3.8, 4) is 11.1 Å². The van der Waals surface area contributed by atoms with Crippen LogP contribution in [0, 0.1) is 0 Å². The van der Waals surface area contributed by atoms with E-state index in [4.69, 9.17) is 4.74 Å². The standard InChI is InChI=1S/C17H14N2O3/c1-2-22-17(21)13-8-9-19-15(10-13)18-11-14(16(19)20)12-6-4-3-5-7-12/h3-11H,2H2,1H3. The Morgan fingerprint density at radius 2 is 2.00 bits per heavy atom. The summed E-state index contributed by atoms with van der Waals surface area (Å²) < 4.78 is 6.37. The van der Waals surface area contributed by atoms with E-state index >= 15 is 0 Å². The maximum Gasteiger partial charge on any atom is 0.338 e. The van der Waals surface area contributed by atoms with E-state index < -0.39 is 5.97 Å². The normalized spacial score (nSPS) is 10.6. The quantitative estimate of drug-likeness (QED) is 0.696. The first-order valence-corrected chi connectivity index (χ1v) is 6.94. The highest BCUT2D eigenvalue weighted by Crippen LogP contribution is 2.14. The first-order chi connectivity index (χ1) is 10.7. The number of hydrogen-bond acceptors (Lipinski definition) is 4. The predicted octanol–water partition coefficient (Wildman–Crippen LogP) is 2.54. The summed E-state index contributed by atoms with van der Waals surface area (Å²) in [5.41, 5.74) is 1.94. The Labute approximate surface area is 126 Å². The average Bonchev–Trinajstić information content (AvgIpc) is 2.56. The third kappa shape index (κ3) is 2.48. The van der Waals surface area contributed by atoms with Crippen LogP contribution in [0.25, 0.3) is 16.8 Å². The number of pyridine rings is 1. The van der Waals surface area contributed by atoms with E-state index in [2.05, 4.69) is 4.98 Å². The van der Waals surface area contributed by atoms with Crippen molar-refractivity contribution < 1.29 is 9.53 Å². The number of esters is 1. The Hall–Kier alpha value is -2.95. The van der Waals surface area contributed by atoms with E-state index in [1.54, 1.807) is 25.3 Å². The molecule has 110 valence electrons. The molecule has 0 fully saturated rings. The summed E-state index contributed by atoms with van der Waals surface area (Å²) in [6, 6.07) is 12.5.